The third-order valence-corrected chi connectivity index (χ3v) is 2.39. The van der Waals surface area contributed by atoms with Gasteiger partial charge in [0.1, 0.15) is 0 Å². The molecule has 0 aromatic carbocycles. The van der Waals surface area contributed by atoms with Crippen LogP contribution in [0.1, 0.15) is 6.92 Å². The van der Waals surface area contributed by atoms with Gasteiger partial charge in [-0.15, -0.1) is 10.2 Å². The van der Waals surface area contributed by atoms with Crippen molar-refractivity contribution in [1.82, 2.24) is 14.8 Å². The Morgan fingerprint density at radius 1 is 1.58 bits per heavy atom. The lowest BCUT2D eigenvalue weighted by Crippen LogP contribution is -1.97. The largest absolute Gasteiger partial charge is 0.368 e. The Balaban J connectivity index is 2.57. The highest BCUT2D eigenvalue weighted by Gasteiger charge is 2.03. The second-order valence-electron chi connectivity index (χ2n) is 2.28. The van der Waals surface area contributed by atoms with Crippen molar-refractivity contribution in [3.05, 3.63) is 12.2 Å². The molecule has 0 saturated carbocycles. The van der Waals surface area contributed by atoms with Gasteiger partial charge in [0.25, 0.3) is 0 Å². The molecule has 2 N–H and O–H groups in total. The van der Waals surface area contributed by atoms with E-state index in [1.807, 2.05) is 20.0 Å². The van der Waals surface area contributed by atoms with Crippen LogP contribution in [0.3, 0.4) is 0 Å². The van der Waals surface area contributed by atoms with Gasteiger partial charge in [0.15, 0.2) is 5.16 Å². The lowest BCUT2D eigenvalue weighted by Gasteiger charge is -1.96. The maximum atomic E-state index is 5.50. The van der Waals surface area contributed by atoms with Crippen molar-refractivity contribution in [2.45, 2.75) is 12.1 Å². The molecule has 0 fully saturated rings. The van der Waals surface area contributed by atoms with Crippen LogP contribution < -0.4 is 5.73 Å². The number of nitrogen functional groups attached to an aromatic ring is 1. The summed E-state index contributed by atoms with van der Waals surface area (Å²) in [6.07, 6.45) is 4.07. The van der Waals surface area contributed by atoms with Gasteiger partial charge in [0.2, 0.25) is 5.95 Å². The Labute approximate surface area is 75.9 Å². The van der Waals surface area contributed by atoms with Gasteiger partial charge < -0.3 is 5.73 Å². The molecule has 0 aliphatic heterocycles. The van der Waals surface area contributed by atoms with Gasteiger partial charge >= 0.3 is 0 Å². The smallest absolute Gasteiger partial charge is 0.222 e. The highest BCUT2D eigenvalue weighted by atomic mass is 32.2. The number of rotatable bonds is 3. The van der Waals surface area contributed by atoms with Gasteiger partial charge in [-0.25, -0.2) is 0 Å². The van der Waals surface area contributed by atoms with Gasteiger partial charge in [0.05, 0.1) is 0 Å². The molecule has 0 saturated heterocycles. The minimum absolute atomic E-state index is 0.456. The molecule has 4 nitrogen and oxygen atoms in total. The lowest BCUT2D eigenvalue weighted by molar-refractivity contribution is 0.797. The fourth-order valence-electron chi connectivity index (χ4n) is 0.671. The van der Waals surface area contributed by atoms with Crippen molar-refractivity contribution in [1.29, 1.82) is 0 Å². The molecule has 0 bridgehead atoms. The second kappa shape index (κ2) is 4.15. The molecule has 0 unspecified atom stereocenters. The monoisotopic (exact) mass is 184 g/mol. The Bertz CT molecular complexity index is 279. The predicted molar refractivity (Wildman–Crippen MR) is 51.0 cm³/mol. The summed E-state index contributed by atoms with van der Waals surface area (Å²) >= 11 is 1.61. The normalized spacial score (nSPS) is 11.2. The van der Waals surface area contributed by atoms with Gasteiger partial charge in [-0.2, -0.15) is 0 Å². The zero-order chi connectivity index (χ0) is 8.97. The van der Waals surface area contributed by atoms with Crippen LogP contribution in [0.15, 0.2) is 17.3 Å². The Morgan fingerprint density at radius 2 is 2.33 bits per heavy atom. The second-order valence-corrected chi connectivity index (χ2v) is 3.27. The van der Waals surface area contributed by atoms with Crippen molar-refractivity contribution in [3.8, 4) is 0 Å². The number of hydrogen-bond acceptors (Lipinski definition) is 4. The maximum absolute atomic E-state index is 5.50. The van der Waals surface area contributed by atoms with E-state index in [1.165, 1.54) is 0 Å². The van der Waals surface area contributed by atoms with Crippen molar-refractivity contribution in [3.63, 3.8) is 0 Å². The quantitative estimate of drug-likeness (QED) is 0.564. The van der Waals surface area contributed by atoms with E-state index in [-0.39, 0.29) is 0 Å². The molecule has 1 heterocycles. The third kappa shape index (κ3) is 2.01. The molecule has 66 valence electrons. The van der Waals surface area contributed by atoms with Crippen LogP contribution in [-0.4, -0.2) is 20.5 Å². The first-order chi connectivity index (χ1) is 5.75. The van der Waals surface area contributed by atoms with E-state index in [0.717, 1.165) is 10.9 Å². The highest BCUT2D eigenvalue weighted by molar-refractivity contribution is 7.99. The first kappa shape index (κ1) is 9.12. The van der Waals surface area contributed by atoms with Gasteiger partial charge in [-0.05, 0) is 6.92 Å². The number of aromatic nitrogens is 3. The van der Waals surface area contributed by atoms with Gasteiger partial charge in [-0.3, -0.25) is 4.57 Å². The average Bonchev–Trinajstić information content (AvgIpc) is 2.36. The fourth-order valence-corrected chi connectivity index (χ4v) is 1.49. The summed E-state index contributed by atoms with van der Waals surface area (Å²) in [6.45, 7) is 1.99. The van der Waals surface area contributed by atoms with E-state index in [0.29, 0.717) is 5.95 Å². The zero-order valence-corrected chi connectivity index (χ0v) is 8.01. The van der Waals surface area contributed by atoms with Crippen LogP contribution in [0.25, 0.3) is 0 Å². The number of nitrogens with two attached hydrogens (primary N) is 1. The van der Waals surface area contributed by atoms with Crippen LogP contribution in [-0.2, 0) is 7.05 Å². The third-order valence-electron chi connectivity index (χ3n) is 1.41. The molecule has 0 radical (unpaired) electrons. The van der Waals surface area contributed by atoms with Crippen LogP contribution in [0.5, 0.6) is 0 Å². The van der Waals surface area contributed by atoms with Gasteiger partial charge in [-0.1, -0.05) is 23.9 Å². The number of nitrogens with zero attached hydrogens (tertiary/aromatic N) is 3. The molecule has 0 atom stereocenters. The van der Waals surface area contributed by atoms with Crippen molar-refractivity contribution in [2.24, 2.45) is 7.05 Å². The molecule has 0 aliphatic carbocycles. The van der Waals surface area contributed by atoms with Crippen molar-refractivity contribution in [2.75, 3.05) is 11.5 Å². The van der Waals surface area contributed by atoms with Crippen LogP contribution in [0, 0.1) is 0 Å². The summed E-state index contributed by atoms with van der Waals surface area (Å²) in [7, 11) is 1.85. The van der Waals surface area contributed by atoms with Crippen LogP contribution in [0.4, 0.5) is 5.95 Å². The molecular weight excluding hydrogens is 172 g/mol. The van der Waals surface area contributed by atoms with E-state index in [4.69, 9.17) is 5.73 Å². The molecular formula is C7H12N4S. The molecule has 1 aromatic heterocycles. The SMILES string of the molecule is C/C=C/CSc1nnc(N)n1C. The standard InChI is InChI=1S/C7H12N4S/c1-3-4-5-12-7-10-9-6(8)11(7)2/h3-4H,5H2,1-2H3,(H2,8,9)/b4-3+. The minimum Gasteiger partial charge on any atom is -0.368 e. The summed E-state index contributed by atoms with van der Waals surface area (Å²) in [5.41, 5.74) is 5.50. The number of thioether (sulfide) groups is 1. The van der Waals surface area contributed by atoms with Crippen molar-refractivity contribution >= 4 is 17.7 Å². The summed E-state index contributed by atoms with van der Waals surface area (Å²) in [4.78, 5) is 0. The van der Waals surface area contributed by atoms with E-state index < -0.39 is 0 Å². The minimum atomic E-state index is 0.456. The molecule has 12 heavy (non-hydrogen) atoms. The summed E-state index contributed by atoms with van der Waals surface area (Å²) in [5, 5.41) is 8.50. The highest BCUT2D eigenvalue weighted by Crippen LogP contribution is 2.15. The molecule has 0 aliphatic rings. The average molecular weight is 184 g/mol. The van der Waals surface area contributed by atoms with E-state index >= 15 is 0 Å². The molecule has 0 amide bonds. The number of hydrogen-bond donors (Lipinski definition) is 1. The Morgan fingerprint density at radius 3 is 2.83 bits per heavy atom. The lowest BCUT2D eigenvalue weighted by atomic mass is 10.6. The predicted octanol–water partition coefficient (Wildman–Crippen LogP) is 1.07. The summed E-state index contributed by atoms with van der Waals surface area (Å²) in [5.74, 6) is 1.36. The van der Waals surface area contributed by atoms with Crippen LogP contribution >= 0.6 is 11.8 Å². The van der Waals surface area contributed by atoms with E-state index in [9.17, 15) is 0 Å². The fraction of sp³-hybridized carbons (Fsp3) is 0.429. The van der Waals surface area contributed by atoms with E-state index in [2.05, 4.69) is 16.3 Å². The number of anilines is 1. The first-order valence-corrected chi connectivity index (χ1v) is 4.63. The zero-order valence-electron chi connectivity index (χ0n) is 7.19. The number of allylic oxidation sites excluding steroid dienone is 1. The molecule has 1 rings (SSSR count). The molecule has 1 aromatic rings. The van der Waals surface area contributed by atoms with Crippen molar-refractivity contribution < 1.29 is 0 Å². The maximum Gasteiger partial charge on any atom is 0.222 e. The topological polar surface area (TPSA) is 56.7 Å². The van der Waals surface area contributed by atoms with E-state index in [1.54, 1.807) is 16.3 Å². The Kier molecular flexibility index (Phi) is 3.16. The molecule has 5 heteroatoms. The first-order valence-electron chi connectivity index (χ1n) is 3.64. The van der Waals surface area contributed by atoms with Gasteiger partial charge in [0, 0.05) is 12.8 Å². The van der Waals surface area contributed by atoms with Crippen LogP contribution in [0.2, 0.25) is 0 Å². The summed E-state index contributed by atoms with van der Waals surface area (Å²) < 4.78 is 1.77. The summed E-state index contributed by atoms with van der Waals surface area (Å²) in [6, 6.07) is 0. The molecule has 0 spiro atoms. The Hall–Kier alpha value is -0.970.